The minimum atomic E-state index is 0.284. The lowest BCUT2D eigenvalue weighted by molar-refractivity contribution is 0.321. The van der Waals surface area contributed by atoms with E-state index < -0.39 is 0 Å². The molecule has 2 aromatic rings. The molecule has 1 atom stereocenters. The van der Waals surface area contributed by atoms with Gasteiger partial charge in [-0.25, -0.2) is 4.98 Å². The highest BCUT2D eigenvalue weighted by Gasteiger charge is 2.25. The third-order valence-electron chi connectivity index (χ3n) is 4.51. The minimum absolute atomic E-state index is 0.284. The van der Waals surface area contributed by atoms with Crippen LogP contribution >= 0.6 is 11.6 Å². The third-order valence-corrected chi connectivity index (χ3v) is 4.81. The van der Waals surface area contributed by atoms with Gasteiger partial charge in [-0.3, -0.25) is 4.99 Å². The van der Waals surface area contributed by atoms with E-state index in [-0.39, 0.29) is 6.04 Å². The zero-order chi connectivity index (χ0) is 19.8. The molecule has 28 heavy (non-hydrogen) atoms. The smallest absolute Gasteiger partial charge is 0.191 e. The molecule has 0 spiro atoms. The van der Waals surface area contributed by atoms with Gasteiger partial charge >= 0.3 is 0 Å². The second-order valence-corrected chi connectivity index (χ2v) is 6.81. The minimum Gasteiger partial charge on any atom is -0.497 e. The molecule has 150 valence electrons. The highest BCUT2D eigenvalue weighted by atomic mass is 35.5. The Bertz CT molecular complexity index is 784. The summed E-state index contributed by atoms with van der Waals surface area (Å²) in [6, 6.07) is 11.5. The number of halogens is 1. The Kier molecular flexibility index (Phi) is 7.19. The summed E-state index contributed by atoms with van der Waals surface area (Å²) in [6.45, 7) is 2.92. The number of guanidine groups is 1. The van der Waals surface area contributed by atoms with Crippen molar-refractivity contribution in [3.05, 3.63) is 47.6 Å². The second-order valence-electron chi connectivity index (χ2n) is 6.41. The summed E-state index contributed by atoms with van der Waals surface area (Å²) in [6.07, 6.45) is 2.77. The molecule has 0 radical (unpaired) electrons. The van der Waals surface area contributed by atoms with Crippen LogP contribution in [0.2, 0.25) is 5.02 Å². The van der Waals surface area contributed by atoms with E-state index in [1.165, 1.54) is 0 Å². The van der Waals surface area contributed by atoms with Gasteiger partial charge in [0.25, 0.3) is 0 Å². The number of hydrogen-bond donors (Lipinski definition) is 2. The lowest BCUT2D eigenvalue weighted by Gasteiger charge is -2.20. The number of methoxy groups -OCH3 is 1. The molecular weight excluding hydrogens is 378 g/mol. The topological polar surface area (TPSA) is 71.0 Å². The molecule has 0 bridgehead atoms. The number of pyridine rings is 1. The first-order valence-electron chi connectivity index (χ1n) is 9.29. The Morgan fingerprint density at radius 2 is 2.07 bits per heavy atom. The summed E-state index contributed by atoms with van der Waals surface area (Å²) in [5.74, 6) is 3.22. The fourth-order valence-electron chi connectivity index (χ4n) is 3.08. The largest absolute Gasteiger partial charge is 0.497 e. The van der Waals surface area contributed by atoms with Crippen LogP contribution < -0.4 is 25.0 Å². The Hall–Kier alpha value is -2.67. The number of nitrogens with one attached hydrogen (secondary N) is 2. The zero-order valence-electron chi connectivity index (χ0n) is 16.2. The van der Waals surface area contributed by atoms with Crippen molar-refractivity contribution < 1.29 is 9.47 Å². The average molecular weight is 404 g/mol. The fraction of sp³-hybridized carbons (Fsp3) is 0.400. The predicted molar refractivity (Wildman–Crippen MR) is 113 cm³/mol. The Labute approximate surface area is 170 Å². The molecule has 0 saturated carbocycles. The van der Waals surface area contributed by atoms with Crippen LogP contribution in [0.4, 0.5) is 5.82 Å². The van der Waals surface area contributed by atoms with Crippen LogP contribution in [0.15, 0.2) is 47.6 Å². The predicted octanol–water partition coefficient (Wildman–Crippen LogP) is 2.57. The highest BCUT2D eigenvalue weighted by Crippen LogP contribution is 2.25. The Morgan fingerprint density at radius 1 is 1.29 bits per heavy atom. The molecule has 1 aromatic carbocycles. The standard InChI is InChI=1S/C20H26ClN5O2/c1-22-20(24-11-13-28-17-7-5-16(27-2)6-8-17)25-15-9-12-26(14-15)19-18(21)4-3-10-23-19/h3-8,10,15H,9,11-14H2,1-2H3,(H2,22,24,25). The molecule has 1 saturated heterocycles. The Balaban J connectivity index is 1.40. The third kappa shape index (κ3) is 5.42. The second kappa shape index (κ2) is 10.0. The van der Waals surface area contributed by atoms with E-state index in [9.17, 15) is 0 Å². The number of aliphatic imine (C=N–C) groups is 1. The lowest BCUT2D eigenvalue weighted by atomic mass is 10.3. The maximum atomic E-state index is 6.26. The van der Waals surface area contributed by atoms with E-state index in [0.717, 1.165) is 42.8 Å². The SMILES string of the molecule is CN=C(NCCOc1ccc(OC)cc1)NC1CCN(c2ncccc2Cl)C1. The average Bonchev–Trinajstić information content (AvgIpc) is 3.19. The molecule has 1 aliphatic heterocycles. The number of nitrogens with zero attached hydrogens (tertiary/aromatic N) is 3. The van der Waals surface area contributed by atoms with Gasteiger partial charge in [0.15, 0.2) is 5.96 Å². The van der Waals surface area contributed by atoms with Crippen molar-refractivity contribution in [2.75, 3.05) is 45.3 Å². The zero-order valence-corrected chi connectivity index (χ0v) is 16.9. The van der Waals surface area contributed by atoms with Crippen LogP contribution in [0, 0.1) is 0 Å². The molecule has 1 unspecified atom stereocenters. The molecule has 1 fully saturated rings. The molecule has 1 aromatic heterocycles. The van der Waals surface area contributed by atoms with Crippen molar-refractivity contribution >= 4 is 23.4 Å². The van der Waals surface area contributed by atoms with Crippen molar-refractivity contribution in [2.24, 2.45) is 4.99 Å². The van der Waals surface area contributed by atoms with Crippen molar-refractivity contribution in [2.45, 2.75) is 12.5 Å². The number of hydrogen-bond acceptors (Lipinski definition) is 5. The van der Waals surface area contributed by atoms with Gasteiger partial charge in [0.05, 0.1) is 18.7 Å². The molecule has 2 N–H and O–H groups in total. The Morgan fingerprint density at radius 3 is 2.79 bits per heavy atom. The van der Waals surface area contributed by atoms with Gasteiger partial charge in [0.1, 0.15) is 23.9 Å². The summed E-state index contributed by atoms with van der Waals surface area (Å²) >= 11 is 6.26. The van der Waals surface area contributed by atoms with Gasteiger partial charge in [-0.05, 0) is 42.8 Å². The van der Waals surface area contributed by atoms with Crippen LogP contribution in [-0.4, -0.2) is 57.4 Å². The molecule has 3 rings (SSSR count). The van der Waals surface area contributed by atoms with E-state index in [1.54, 1.807) is 20.4 Å². The molecule has 1 aliphatic rings. The number of aromatic nitrogens is 1. The van der Waals surface area contributed by atoms with Crippen molar-refractivity contribution in [1.29, 1.82) is 0 Å². The van der Waals surface area contributed by atoms with E-state index in [2.05, 4.69) is 25.5 Å². The van der Waals surface area contributed by atoms with E-state index in [0.29, 0.717) is 18.2 Å². The molecule has 0 amide bonds. The molecule has 0 aliphatic carbocycles. The van der Waals surface area contributed by atoms with Gasteiger partial charge in [-0.15, -0.1) is 0 Å². The monoisotopic (exact) mass is 403 g/mol. The van der Waals surface area contributed by atoms with E-state index >= 15 is 0 Å². The molecule has 2 heterocycles. The first-order valence-corrected chi connectivity index (χ1v) is 9.67. The van der Waals surface area contributed by atoms with Gasteiger partial charge in [0.2, 0.25) is 0 Å². The van der Waals surface area contributed by atoms with Crippen molar-refractivity contribution in [1.82, 2.24) is 15.6 Å². The van der Waals surface area contributed by atoms with Crippen LogP contribution in [0.3, 0.4) is 0 Å². The molecular formula is C20H26ClN5O2. The van der Waals surface area contributed by atoms with Gasteiger partial charge in [-0.1, -0.05) is 11.6 Å². The summed E-state index contributed by atoms with van der Waals surface area (Å²) in [7, 11) is 3.41. The fourth-order valence-corrected chi connectivity index (χ4v) is 3.32. The highest BCUT2D eigenvalue weighted by molar-refractivity contribution is 6.32. The van der Waals surface area contributed by atoms with Crippen LogP contribution in [0.25, 0.3) is 0 Å². The normalized spacial score (nSPS) is 16.8. The van der Waals surface area contributed by atoms with E-state index in [4.69, 9.17) is 21.1 Å². The number of rotatable bonds is 7. The summed E-state index contributed by atoms with van der Waals surface area (Å²) in [5, 5.41) is 7.42. The lowest BCUT2D eigenvalue weighted by Crippen LogP contribution is -2.45. The quantitative estimate of drug-likeness (QED) is 0.420. The summed E-state index contributed by atoms with van der Waals surface area (Å²) in [5.41, 5.74) is 0. The molecule has 7 nitrogen and oxygen atoms in total. The maximum Gasteiger partial charge on any atom is 0.191 e. The van der Waals surface area contributed by atoms with Crippen molar-refractivity contribution in [3.63, 3.8) is 0 Å². The number of benzene rings is 1. The summed E-state index contributed by atoms with van der Waals surface area (Å²) < 4.78 is 10.9. The number of anilines is 1. The van der Waals surface area contributed by atoms with Gasteiger partial charge in [-0.2, -0.15) is 0 Å². The first-order chi connectivity index (χ1) is 13.7. The first kappa shape index (κ1) is 20.1. The van der Waals surface area contributed by atoms with Gasteiger partial charge in [0, 0.05) is 32.4 Å². The van der Waals surface area contributed by atoms with Gasteiger partial charge < -0.3 is 25.0 Å². The van der Waals surface area contributed by atoms with Crippen LogP contribution in [0.5, 0.6) is 11.5 Å². The van der Waals surface area contributed by atoms with E-state index in [1.807, 2.05) is 36.4 Å². The maximum absolute atomic E-state index is 6.26. The summed E-state index contributed by atoms with van der Waals surface area (Å²) in [4.78, 5) is 10.9. The van der Waals surface area contributed by atoms with Crippen LogP contribution in [0.1, 0.15) is 6.42 Å². The number of ether oxygens (including phenoxy) is 2. The van der Waals surface area contributed by atoms with Crippen LogP contribution in [-0.2, 0) is 0 Å². The molecule has 8 heteroatoms. The van der Waals surface area contributed by atoms with Crippen molar-refractivity contribution in [3.8, 4) is 11.5 Å².